The van der Waals surface area contributed by atoms with Gasteiger partial charge in [0.1, 0.15) is 5.69 Å². The molecule has 2 aromatic rings. The van der Waals surface area contributed by atoms with Crippen LogP contribution < -0.4 is 10.6 Å². The van der Waals surface area contributed by atoms with Crippen LogP contribution in [0.15, 0.2) is 22.8 Å². The molecule has 1 saturated heterocycles. The summed E-state index contributed by atoms with van der Waals surface area (Å²) < 4.78 is 0.947. The summed E-state index contributed by atoms with van der Waals surface area (Å²) in [6.07, 6.45) is 4.09. The number of nitrogens with zero attached hydrogens (tertiary/aromatic N) is 4. The summed E-state index contributed by atoms with van der Waals surface area (Å²) in [6.45, 7) is 2.64. The summed E-state index contributed by atoms with van der Waals surface area (Å²) in [5, 5.41) is 7.26. The van der Waals surface area contributed by atoms with Crippen LogP contribution in [0.4, 0.5) is 5.95 Å². The van der Waals surface area contributed by atoms with E-state index in [0.717, 1.165) is 42.2 Å². The highest BCUT2D eigenvalue weighted by molar-refractivity contribution is 9.10. The van der Waals surface area contributed by atoms with E-state index in [1.165, 1.54) is 6.42 Å². The summed E-state index contributed by atoms with van der Waals surface area (Å²) in [6, 6.07) is 3.85. The zero-order valence-electron chi connectivity index (χ0n) is 11.1. The second-order valence-electron chi connectivity index (χ2n) is 5.04. The van der Waals surface area contributed by atoms with E-state index in [0.29, 0.717) is 11.7 Å². The first-order chi connectivity index (χ1) is 9.76. The molecule has 106 valence electrons. The summed E-state index contributed by atoms with van der Waals surface area (Å²) in [7, 11) is 0. The minimum absolute atomic E-state index is 0.538. The monoisotopic (exact) mass is 336 g/mol. The van der Waals surface area contributed by atoms with Gasteiger partial charge in [0.25, 0.3) is 0 Å². The van der Waals surface area contributed by atoms with Gasteiger partial charge in [0.15, 0.2) is 5.82 Å². The van der Waals surface area contributed by atoms with Crippen molar-refractivity contribution in [3.05, 3.63) is 22.8 Å². The van der Waals surface area contributed by atoms with Crippen LogP contribution in [-0.2, 0) is 0 Å². The molecule has 0 radical (unpaired) electrons. The average Bonchev–Trinajstić information content (AvgIpc) is 2.98. The summed E-state index contributed by atoms with van der Waals surface area (Å²) in [5.41, 5.74) is 6.56. The highest BCUT2D eigenvalue weighted by atomic mass is 79.9. The lowest BCUT2D eigenvalue weighted by atomic mass is 9.99. The van der Waals surface area contributed by atoms with Gasteiger partial charge in [-0.15, -0.1) is 5.10 Å². The first-order valence-electron chi connectivity index (χ1n) is 6.75. The van der Waals surface area contributed by atoms with Crippen molar-refractivity contribution in [2.24, 2.45) is 11.7 Å². The molecule has 1 aliphatic heterocycles. The van der Waals surface area contributed by atoms with E-state index in [1.54, 1.807) is 6.20 Å². The molecule has 0 spiro atoms. The largest absolute Gasteiger partial charge is 0.339 e. The number of H-pyrrole nitrogens is 1. The van der Waals surface area contributed by atoms with Crippen LogP contribution in [0.5, 0.6) is 0 Å². The predicted molar refractivity (Wildman–Crippen MR) is 81.3 cm³/mol. The second kappa shape index (κ2) is 5.88. The summed E-state index contributed by atoms with van der Waals surface area (Å²) >= 11 is 3.37. The first kappa shape index (κ1) is 13.5. The number of aromatic amines is 1. The quantitative estimate of drug-likeness (QED) is 0.892. The fourth-order valence-electron chi connectivity index (χ4n) is 2.46. The van der Waals surface area contributed by atoms with Crippen molar-refractivity contribution in [3.63, 3.8) is 0 Å². The molecule has 1 aliphatic rings. The van der Waals surface area contributed by atoms with Crippen molar-refractivity contribution in [1.82, 2.24) is 20.2 Å². The molecule has 1 atom stereocenters. The van der Waals surface area contributed by atoms with Crippen LogP contribution in [0.3, 0.4) is 0 Å². The fourth-order valence-corrected chi connectivity index (χ4v) is 2.70. The van der Waals surface area contributed by atoms with Crippen molar-refractivity contribution in [2.75, 3.05) is 24.5 Å². The van der Waals surface area contributed by atoms with Crippen LogP contribution in [-0.4, -0.2) is 39.8 Å². The highest BCUT2D eigenvalue weighted by Gasteiger charge is 2.22. The van der Waals surface area contributed by atoms with Gasteiger partial charge in [-0.05, 0) is 53.4 Å². The zero-order valence-corrected chi connectivity index (χ0v) is 12.7. The van der Waals surface area contributed by atoms with Gasteiger partial charge in [-0.25, -0.2) is 0 Å². The molecule has 20 heavy (non-hydrogen) atoms. The number of rotatable bonds is 3. The smallest absolute Gasteiger partial charge is 0.245 e. The van der Waals surface area contributed by atoms with Gasteiger partial charge < -0.3 is 10.6 Å². The van der Waals surface area contributed by atoms with Crippen molar-refractivity contribution >= 4 is 21.9 Å². The van der Waals surface area contributed by atoms with E-state index in [4.69, 9.17) is 5.73 Å². The van der Waals surface area contributed by atoms with E-state index in [2.05, 4.69) is 41.0 Å². The number of aromatic nitrogens is 4. The molecule has 0 saturated carbocycles. The van der Waals surface area contributed by atoms with Gasteiger partial charge in [-0.3, -0.25) is 10.1 Å². The molecule has 1 unspecified atom stereocenters. The van der Waals surface area contributed by atoms with Gasteiger partial charge >= 0.3 is 0 Å². The number of halogens is 1. The molecule has 3 heterocycles. The molecule has 1 fully saturated rings. The topological polar surface area (TPSA) is 83.7 Å². The molecule has 0 amide bonds. The molecule has 7 heteroatoms. The number of piperidine rings is 1. The number of nitrogens with one attached hydrogen (secondary N) is 1. The molecule has 0 aromatic carbocycles. The van der Waals surface area contributed by atoms with Gasteiger partial charge in [0.2, 0.25) is 5.95 Å². The Morgan fingerprint density at radius 1 is 1.45 bits per heavy atom. The Kier molecular flexibility index (Phi) is 3.98. The van der Waals surface area contributed by atoms with Crippen LogP contribution >= 0.6 is 15.9 Å². The maximum absolute atomic E-state index is 5.76. The molecule has 3 rings (SSSR count). The molecule has 0 bridgehead atoms. The SMILES string of the molecule is NCC1CCCN(c2n[nH]c(-c3ccc(Br)cn3)n2)C1. The number of hydrogen-bond donors (Lipinski definition) is 2. The minimum atomic E-state index is 0.538. The molecule has 6 nitrogen and oxygen atoms in total. The number of hydrogen-bond acceptors (Lipinski definition) is 5. The molecule has 0 aliphatic carbocycles. The Balaban J connectivity index is 1.78. The van der Waals surface area contributed by atoms with Gasteiger partial charge in [0, 0.05) is 23.8 Å². The van der Waals surface area contributed by atoms with E-state index in [-0.39, 0.29) is 0 Å². The van der Waals surface area contributed by atoms with E-state index in [1.807, 2.05) is 12.1 Å². The highest BCUT2D eigenvalue weighted by Crippen LogP contribution is 2.22. The fraction of sp³-hybridized carbons (Fsp3) is 0.462. The van der Waals surface area contributed by atoms with Gasteiger partial charge in [0.05, 0.1) is 0 Å². The van der Waals surface area contributed by atoms with E-state index >= 15 is 0 Å². The molecular weight excluding hydrogens is 320 g/mol. The molecule has 3 N–H and O–H groups in total. The van der Waals surface area contributed by atoms with E-state index < -0.39 is 0 Å². The van der Waals surface area contributed by atoms with Crippen LogP contribution in [0.1, 0.15) is 12.8 Å². The summed E-state index contributed by atoms with van der Waals surface area (Å²) in [4.78, 5) is 11.1. The van der Waals surface area contributed by atoms with E-state index in [9.17, 15) is 0 Å². The lowest BCUT2D eigenvalue weighted by Gasteiger charge is -2.31. The Bertz CT molecular complexity index is 566. The van der Waals surface area contributed by atoms with Crippen LogP contribution in [0.2, 0.25) is 0 Å². The number of pyridine rings is 1. The molecular formula is C13H17BrN6. The van der Waals surface area contributed by atoms with Crippen molar-refractivity contribution < 1.29 is 0 Å². The third kappa shape index (κ3) is 2.83. The first-order valence-corrected chi connectivity index (χ1v) is 7.55. The number of anilines is 1. The Morgan fingerprint density at radius 3 is 3.10 bits per heavy atom. The second-order valence-corrected chi connectivity index (χ2v) is 5.95. The third-order valence-corrected chi connectivity index (χ3v) is 4.05. The van der Waals surface area contributed by atoms with Gasteiger partial charge in [-0.1, -0.05) is 0 Å². The maximum Gasteiger partial charge on any atom is 0.245 e. The summed E-state index contributed by atoms with van der Waals surface area (Å²) in [5.74, 6) is 1.97. The van der Waals surface area contributed by atoms with Crippen LogP contribution in [0, 0.1) is 5.92 Å². The lowest BCUT2D eigenvalue weighted by Crippen LogP contribution is -2.38. The predicted octanol–water partition coefficient (Wildman–Crippen LogP) is 1.80. The normalized spacial score (nSPS) is 19.3. The van der Waals surface area contributed by atoms with Gasteiger partial charge in [-0.2, -0.15) is 4.98 Å². The maximum atomic E-state index is 5.76. The Hall–Kier alpha value is -1.47. The Morgan fingerprint density at radius 2 is 2.35 bits per heavy atom. The average molecular weight is 337 g/mol. The standard InChI is InChI=1S/C13H17BrN6/c14-10-3-4-11(16-7-10)12-17-13(19-18-12)20-5-1-2-9(6-15)8-20/h3-4,7,9H,1-2,5-6,8,15H2,(H,17,18,19). The Labute approximate surface area is 125 Å². The van der Waals surface area contributed by atoms with Crippen LogP contribution in [0.25, 0.3) is 11.5 Å². The van der Waals surface area contributed by atoms with Crippen molar-refractivity contribution in [2.45, 2.75) is 12.8 Å². The number of nitrogens with two attached hydrogens (primary N) is 1. The third-order valence-electron chi connectivity index (χ3n) is 3.58. The lowest BCUT2D eigenvalue weighted by molar-refractivity contribution is 0.420. The molecule has 2 aromatic heterocycles. The minimum Gasteiger partial charge on any atom is -0.339 e. The van der Waals surface area contributed by atoms with Crippen molar-refractivity contribution in [3.8, 4) is 11.5 Å². The zero-order chi connectivity index (χ0) is 13.9. The van der Waals surface area contributed by atoms with Crippen molar-refractivity contribution in [1.29, 1.82) is 0 Å².